The van der Waals surface area contributed by atoms with Crippen LogP contribution in [0.15, 0.2) is 12.7 Å². The van der Waals surface area contributed by atoms with E-state index in [4.69, 9.17) is 18.9 Å². The summed E-state index contributed by atoms with van der Waals surface area (Å²) < 4.78 is 21.7. The van der Waals surface area contributed by atoms with E-state index in [-0.39, 0.29) is 30.4 Å². The van der Waals surface area contributed by atoms with Crippen LogP contribution in [0.2, 0.25) is 0 Å². The van der Waals surface area contributed by atoms with Crippen molar-refractivity contribution in [2.45, 2.75) is 31.3 Å². The van der Waals surface area contributed by atoms with Crippen molar-refractivity contribution in [2.75, 3.05) is 19.8 Å². The van der Waals surface area contributed by atoms with Crippen molar-refractivity contribution in [1.29, 1.82) is 0 Å². The monoisotopic (exact) mass is 228 g/mol. The molecule has 0 aromatic carbocycles. The van der Waals surface area contributed by atoms with Crippen LogP contribution in [0.25, 0.3) is 0 Å². The molecular formula is C11H16O5. The summed E-state index contributed by atoms with van der Waals surface area (Å²) in [5.41, 5.74) is 0. The van der Waals surface area contributed by atoms with Crippen LogP contribution in [0.5, 0.6) is 0 Å². The number of esters is 1. The van der Waals surface area contributed by atoms with Crippen LogP contribution in [0, 0.1) is 0 Å². The normalized spacial score (nSPS) is 37.1. The molecule has 2 aliphatic heterocycles. The molecule has 2 saturated heterocycles. The summed E-state index contributed by atoms with van der Waals surface area (Å²) >= 11 is 0. The Balaban J connectivity index is 1.90. The molecule has 0 bridgehead atoms. The maximum atomic E-state index is 10.9. The van der Waals surface area contributed by atoms with Gasteiger partial charge in [-0.3, -0.25) is 4.79 Å². The lowest BCUT2D eigenvalue weighted by Crippen LogP contribution is -2.34. The average molecular weight is 228 g/mol. The van der Waals surface area contributed by atoms with Crippen molar-refractivity contribution in [3.8, 4) is 0 Å². The molecule has 5 nitrogen and oxygen atoms in total. The minimum atomic E-state index is -0.312. The molecule has 0 N–H and O–H groups in total. The standard InChI is InChI=1S/C11H16O5/c1-3-4-13-8-5-14-11-9(16-7(2)12)6-15-10(8)11/h3,8-11H,1,4-6H2,2H3/t8-,9+,10+,11+/m0/s1. The summed E-state index contributed by atoms with van der Waals surface area (Å²) in [5.74, 6) is -0.312. The molecule has 0 aromatic rings. The third kappa shape index (κ3) is 2.26. The average Bonchev–Trinajstić information content (AvgIpc) is 2.78. The predicted octanol–water partition coefficient (Wildman–Crippen LogP) is 0.287. The molecule has 4 atom stereocenters. The number of rotatable bonds is 4. The number of carbonyl (C=O) groups is 1. The van der Waals surface area contributed by atoms with Crippen molar-refractivity contribution in [3.63, 3.8) is 0 Å². The highest BCUT2D eigenvalue weighted by atomic mass is 16.7. The third-order valence-electron chi connectivity index (χ3n) is 2.71. The van der Waals surface area contributed by atoms with E-state index in [2.05, 4.69) is 6.58 Å². The van der Waals surface area contributed by atoms with Crippen molar-refractivity contribution < 1.29 is 23.7 Å². The van der Waals surface area contributed by atoms with Gasteiger partial charge >= 0.3 is 5.97 Å². The molecule has 0 unspecified atom stereocenters. The van der Waals surface area contributed by atoms with Crippen LogP contribution in [-0.2, 0) is 23.7 Å². The molecule has 2 heterocycles. The fraction of sp³-hybridized carbons (Fsp3) is 0.727. The summed E-state index contributed by atoms with van der Waals surface area (Å²) in [5, 5.41) is 0. The number of fused-ring (bicyclic) bond motifs is 1. The summed E-state index contributed by atoms with van der Waals surface area (Å²) in [7, 11) is 0. The Morgan fingerprint density at radius 2 is 2.00 bits per heavy atom. The van der Waals surface area contributed by atoms with E-state index in [1.54, 1.807) is 6.08 Å². The van der Waals surface area contributed by atoms with Crippen molar-refractivity contribution in [3.05, 3.63) is 12.7 Å². The molecule has 0 spiro atoms. The van der Waals surface area contributed by atoms with E-state index in [0.717, 1.165) is 0 Å². The van der Waals surface area contributed by atoms with E-state index >= 15 is 0 Å². The summed E-state index contributed by atoms with van der Waals surface area (Å²) in [6.45, 7) is 6.29. The number of hydrogen-bond acceptors (Lipinski definition) is 5. The van der Waals surface area contributed by atoms with E-state index in [0.29, 0.717) is 19.8 Å². The first-order valence-corrected chi connectivity index (χ1v) is 5.35. The molecule has 16 heavy (non-hydrogen) atoms. The Labute approximate surface area is 94.3 Å². The van der Waals surface area contributed by atoms with Gasteiger partial charge in [-0.1, -0.05) is 6.08 Å². The van der Waals surface area contributed by atoms with E-state index in [1.165, 1.54) is 6.92 Å². The zero-order chi connectivity index (χ0) is 11.5. The van der Waals surface area contributed by atoms with Crippen LogP contribution in [0.4, 0.5) is 0 Å². The molecule has 5 heteroatoms. The first-order chi connectivity index (χ1) is 7.72. The van der Waals surface area contributed by atoms with Gasteiger partial charge in [0.2, 0.25) is 0 Å². The van der Waals surface area contributed by atoms with Gasteiger partial charge in [-0.2, -0.15) is 0 Å². The highest BCUT2D eigenvalue weighted by Crippen LogP contribution is 2.30. The second-order valence-electron chi connectivity index (χ2n) is 3.90. The second kappa shape index (κ2) is 4.95. The van der Waals surface area contributed by atoms with Gasteiger partial charge in [0.25, 0.3) is 0 Å². The van der Waals surface area contributed by atoms with Crippen LogP contribution in [0.3, 0.4) is 0 Å². The van der Waals surface area contributed by atoms with Gasteiger partial charge in [0.05, 0.1) is 19.8 Å². The Kier molecular flexibility index (Phi) is 3.58. The van der Waals surface area contributed by atoms with Gasteiger partial charge < -0.3 is 18.9 Å². The first-order valence-electron chi connectivity index (χ1n) is 5.35. The maximum absolute atomic E-state index is 10.9. The van der Waals surface area contributed by atoms with Crippen LogP contribution >= 0.6 is 0 Å². The maximum Gasteiger partial charge on any atom is 0.303 e. The molecule has 0 saturated carbocycles. The molecule has 0 radical (unpaired) electrons. The smallest absolute Gasteiger partial charge is 0.303 e. The van der Waals surface area contributed by atoms with Gasteiger partial charge in [-0.15, -0.1) is 6.58 Å². The molecule has 0 aromatic heterocycles. The van der Waals surface area contributed by atoms with Crippen molar-refractivity contribution in [1.82, 2.24) is 0 Å². The Morgan fingerprint density at radius 3 is 2.62 bits per heavy atom. The Bertz CT molecular complexity index is 278. The third-order valence-corrected chi connectivity index (χ3v) is 2.71. The molecule has 2 fully saturated rings. The number of ether oxygens (including phenoxy) is 4. The Morgan fingerprint density at radius 1 is 1.38 bits per heavy atom. The number of hydrogen-bond donors (Lipinski definition) is 0. The van der Waals surface area contributed by atoms with Crippen LogP contribution in [-0.4, -0.2) is 50.2 Å². The van der Waals surface area contributed by atoms with E-state index in [1.807, 2.05) is 0 Å². The van der Waals surface area contributed by atoms with Gasteiger partial charge in [0, 0.05) is 6.92 Å². The lowest BCUT2D eigenvalue weighted by atomic mass is 10.1. The van der Waals surface area contributed by atoms with Gasteiger partial charge in [-0.05, 0) is 0 Å². The van der Waals surface area contributed by atoms with Gasteiger partial charge in [0.1, 0.15) is 18.3 Å². The van der Waals surface area contributed by atoms with Crippen molar-refractivity contribution in [2.24, 2.45) is 0 Å². The second-order valence-corrected chi connectivity index (χ2v) is 3.90. The SMILES string of the molecule is C=CCO[C@H]1CO[C@H]2[C@@H]1OC[C@H]2OC(C)=O. The minimum Gasteiger partial charge on any atom is -0.457 e. The van der Waals surface area contributed by atoms with Gasteiger partial charge in [-0.25, -0.2) is 0 Å². The first kappa shape index (κ1) is 11.6. The fourth-order valence-corrected chi connectivity index (χ4v) is 2.08. The number of carbonyl (C=O) groups excluding carboxylic acids is 1. The lowest BCUT2D eigenvalue weighted by molar-refractivity contribution is -0.151. The van der Waals surface area contributed by atoms with Gasteiger partial charge in [0.15, 0.2) is 6.10 Å². The highest BCUT2D eigenvalue weighted by molar-refractivity contribution is 5.66. The lowest BCUT2D eigenvalue weighted by Gasteiger charge is -2.16. The topological polar surface area (TPSA) is 54.0 Å². The summed E-state index contributed by atoms with van der Waals surface area (Å²) in [4.78, 5) is 10.9. The zero-order valence-corrected chi connectivity index (χ0v) is 9.26. The highest BCUT2D eigenvalue weighted by Gasteiger charge is 2.49. The zero-order valence-electron chi connectivity index (χ0n) is 9.26. The fourth-order valence-electron chi connectivity index (χ4n) is 2.08. The minimum absolute atomic E-state index is 0.0939. The Hall–Kier alpha value is -0.910. The molecule has 90 valence electrons. The predicted molar refractivity (Wildman–Crippen MR) is 55.0 cm³/mol. The molecular weight excluding hydrogens is 212 g/mol. The van der Waals surface area contributed by atoms with E-state index < -0.39 is 0 Å². The molecule has 0 amide bonds. The van der Waals surface area contributed by atoms with Crippen LogP contribution < -0.4 is 0 Å². The van der Waals surface area contributed by atoms with E-state index in [9.17, 15) is 4.79 Å². The van der Waals surface area contributed by atoms with Crippen LogP contribution in [0.1, 0.15) is 6.92 Å². The molecule has 2 aliphatic rings. The molecule has 2 rings (SSSR count). The largest absolute Gasteiger partial charge is 0.457 e. The quantitative estimate of drug-likeness (QED) is 0.511. The summed E-state index contributed by atoms with van der Waals surface area (Å²) in [6.07, 6.45) is 0.956. The summed E-state index contributed by atoms with van der Waals surface area (Å²) in [6, 6.07) is 0. The van der Waals surface area contributed by atoms with Crippen molar-refractivity contribution >= 4 is 5.97 Å². The molecule has 0 aliphatic carbocycles.